The van der Waals surface area contributed by atoms with Gasteiger partial charge in [0, 0.05) is 28.6 Å². The average Bonchev–Trinajstić information content (AvgIpc) is 3.59. The first-order valence-electron chi connectivity index (χ1n) is 18.7. The summed E-state index contributed by atoms with van der Waals surface area (Å²) in [7, 11) is 2.33. The molecule has 0 spiro atoms. The Balaban J connectivity index is 1.02. The number of nitriles is 1. The van der Waals surface area contributed by atoms with Crippen molar-refractivity contribution >= 4 is 64.3 Å². The van der Waals surface area contributed by atoms with Crippen LogP contribution >= 0.6 is 0 Å². The second kappa shape index (κ2) is 19.2. The monoisotopic (exact) mass is 892 g/mol. The Labute approximate surface area is 365 Å². The number of anilines is 4. The number of fused-ring (bicyclic) bond motifs is 1. The lowest BCUT2D eigenvalue weighted by Crippen LogP contribution is -2.43. The molecule has 5 aromatic carbocycles. The number of hydrogen-bond acceptors (Lipinski definition) is 13. The number of halogens is 2. The van der Waals surface area contributed by atoms with E-state index in [1.165, 1.54) is 98.1 Å². The van der Waals surface area contributed by atoms with Crippen molar-refractivity contribution in [3.05, 3.63) is 125 Å². The van der Waals surface area contributed by atoms with Gasteiger partial charge in [-0.15, -0.1) is 8.78 Å². The molecule has 332 valence electrons. The number of methoxy groups -OCH3 is 2. The molecule has 1 heterocycles. The molecule has 1 atom stereocenters. The minimum absolute atomic E-state index is 0.0365. The zero-order valence-corrected chi connectivity index (χ0v) is 33.7. The van der Waals surface area contributed by atoms with E-state index in [1.807, 2.05) is 6.07 Å². The van der Waals surface area contributed by atoms with Crippen molar-refractivity contribution < 1.29 is 71.8 Å². The number of amides is 5. The quantitative estimate of drug-likeness (QED) is 0.0565. The van der Waals surface area contributed by atoms with Gasteiger partial charge in [-0.1, -0.05) is 6.07 Å². The molecule has 0 fully saturated rings. The first-order valence-corrected chi connectivity index (χ1v) is 18.7. The topological polar surface area (TPSA) is 284 Å². The summed E-state index contributed by atoms with van der Waals surface area (Å²) < 4.78 is 45.6. The van der Waals surface area contributed by atoms with Crippen LogP contribution in [0.5, 0.6) is 34.5 Å². The Kier molecular flexibility index (Phi) is 13.4. The summed E-state index contributed by atoms with van der Waals surface area (Å²) in [5, 5.41) is 52.4. The van der Waals surface area contributed by atoms with Crippen LogP contribution in [-0.4, -0.2) is 77.4 Å². The van der Waals surface area contributed by atoms with Crippen molar-refractivity contribution in [3.63, 3.8) is 0 Å². The summed E-state index contributed by atoms with van der Waals surface area (Å²) in [6.07, 6.45) is -1.66. The number of rotatable bonds is 15. The molecule has 0 bridgehead atoms. The van der Waals surface area contributed by atoms with Crippen LogP contribution in [0.4, 0.5) is 31.5 Å². The summed E-state index contributed by atoms with van der Waals surface area (Å²) in [4.78, 5) is 76.3. The lowest BCUT2D eigenvalue weighted by atomic mass is 10.1. The molecule has 1 aliphatic heterocycles. The Morgan fingerprint density at radius 3 is 1.83 bits per heavy atom. The van der Waals surface area contributed by atoms with E-state index >= 15 is 0 Å². The van der Waals surface area contributed by atoms with Gasteiger partial charge in [0.2, 0.25) is 11.8 Å². The molecular formula is C44H34F2N6O13. The van der Waals surface area contributed by atoms with Crippen LogP contribution in [0.15, 0.2) is 97.1 Å². The molecule has 8 N–H and O–H groups in total. The molecule has 21 heteroatoms. The number of ether oxygens (including phenoxy) is 4. The first kappa shape index (κ1) is 45.3. The third-order valence-electron chi connectivity index (χ3n) is 9.24. The fraction of sp³-hybridized carbons (Fsp3) is 0.114. The fourth-order valence-corrected chi connectivity index (χ4v) is 6.10. The van der Waals surface area contributed by atoms with Gasteiger partial charge >= 0.3 is 12.3 Å². The maximum Gasteiger partial charge on any atom is 0.586 e. The van der Waals surface area contributed by atoms with Crippen molar-refractivity contribution in [3.8, 4) is 40.6 Å². The second-order valence-electron chi connectivity index (χ2n) is 13.5. The Morgan fingerprint density at radius 1 is 0.708 bits per heavy atom. The largest absolute Gasteiger partial charge is 0.586 e. The van der Waals surface area contributed by atoms with Crippen LogP contribution in [0.1, 0.15) is 53.4 Å². The van der Waals surface area contributed by atoms with E-state index in [9.17, 15) is 58.1 Å². The summed E-state index contributed by atoms with van der Waals surface area (Å²) in [6, 6.07) is 20.3. The van der Waals surface area contributed by atoms with Gasteiger partial charge in [-0.2, -0.15) is 5.26 Å². The predicted octanol–water partition coefficient (Wildman–Crippen LogP) is 5.94. The normalized spacial score (nSPS) is 12.5. The zero-order chi connectivity index (χ0) is 47.0. The van der Waals surface area contributed by atoms with Gasteiger partial charge in [-0.3, -0.25) is 24.0 Å². The second-order valence-corrected chi connectivity index (χ2v) is 13.5. The Morgan fingerprint density at radius 2 is 1.25 bits per heavy atom. The van der Waals surface area contributed by atoms with Crippen LogP contribution in [-0.2, 0) is 9.59 Å². The number of carboxylic acid groups (broad SMARTS) is 1. The van der Waals surface area contributed by atoms with Crippen LogP contribution in [0.25, 0.3) is 6.08 Å². The maximum absolute atomic E-state index is 13.3. The van der Waals surface area contributed by atoms with Crippen molar-refractivity contribution in [2.75, 3.05) is 35.5 Å². The smallest absolute Gasteiger partial charge is 0.504 e. The van der Waals surface area contributed by atoms with Crippen LogP contribution < -0.4 is 45.5 Å². The third kappa shape index (κ3) is 10.6. The number of alkyl halides is 2. The molecule has 5 amide bonds. The fourth-order valence-electron chi connectivity index (χ4n) is 6.10. The number of aromatic hydroxyl groups is 2. The van der Waals surface area contributed by atoms with Gasteiger partial charge in [-0.25, -0.2) is 4.79 Å². The summed E-state index contributed by atoms with van der Waals surface area (Å²) in [5.41, 5.74) is 0.127. The van der Waals surface area contributed by atoms with Crippen LogP contribution in [0.2, 0.25) is 0 Å². The number of aromatic carboxylic acids is 1. The predicted molar refractivity (Wildman–Crippen MR) is 225 cm³/mol. The highest BCUT2D eigenvalue weighted by Crippen LogP contribution is 2.42. The van der Waals surface area contributed by atoms with E-state index in [2.05, 4.69) is 36.1 Å². The Hall–Kier alpha value is -9.19. The van der Waals surface area contributed by atoms with Gasteiger partial charge in [0.1, 0.15) is 11.6 Å². The van der Waals surface area contributed by atoms with E-state index in [0.29, 0.717) is 11.3 Å². The lowest BCUT2D eigenvalue weighted by molar-refractivity contribution is -0.286. The van der Waals surface area contributed by atoms with Gasteiger partial charge < -0.3 is 60.9 Å². The molecular weight excluding hydrogens is 859 g/mol. The number of nitrogens with one attached hydrogen (secondary N) is 5. The number of phenolic OH excluding ortho intramolecular Hbond substituents is 1. The first-order chi connectivity index (χ1) is 31.0. The number of phenols is 2. The lowest BCUT2D eigenvalue weighted by Gasteiger charge is -2.17. The van der Waals surface area contributed by atoms with E-state index in [-0.39, 0.29) is 56.8 Å². The molecule has 1 aliphatic rings. The highest BCUT2D eigenvalue weighted by molar-refractivity contribution is 6.10. The van der Waals surface area contributed by atoms with Crippen LogP contribution in [0.3, 0.4) is 0 Å². The van der Waals surface area contributed by atoms with Gasteiger partial charge in [0.15, 0.2) is 34.5 Å². The molecule has 0 aromatic heterocycles. The number of carbonyl (C=O) groups excluding carboxylic acids is 5. The highest BCUT2D eigenvalue weighted by atomic mass is 19.3. The minimum atomic E-state index is -3.78. The highest BCUT2D eigenvalue weighted by Gasteiger charge is 2.43. The molecule has 0 radical (unpaired) electrons. The van der Waals surface area contributed by atoms with Crippen molar-refractivity contribution in [2.24, 2.45) is 0 Å². The van der Waals surface area contributed by atoms with Crippen molar-refractivity contribution in [1.82, 2.24) is 5.32 Å². The molecule has 0 aliphatic carbocycles. The number of nitrogens with zero attached hydrogens (tertiary/aromatic N) is 1. The summed E-state index contributed by atoms with van der Waals surface area (Å²) in [5.74, 6) is -7.42. The Bertz CT molecular complexity index is 2790. The van der Waals surface area contributed by atoms with Crippen LogP contribution in [0, 0.1) is 11.3 Å². The van der Waals surface area contributed by atoms with Crippen molar-refractivity contribution in [1.29, 1.82) is 5.26 Å². The number of benzene rings is 5. The molecule has 65 heavy (non-hydrogen) atoms. The number of carbonyl (C=O) groups is 6. The van der Waals surface area contributed by atoms with E-state index < -0.39 is 71.3 Å². The van der Waals surface area contributed by atoms with Gasteiger partial charge in [0.25, 0.3) is 17.7 Å². The third-order valence-corrected chi connectivity index (χ3v) is 9.24. The minimum Gasteiger partial charge on any atom is -0.504 e. The summed E-state index contributed by atoms with van der Waals surface area (Å²) >= 11 is 0. The standard InChI is InChI=1S/C44H34F2N6O13/c1-62-37-29(15-13-27(35(37)54)41(58)51-30-16-14-28(43(60)61)36(55)38(30)63-2)50-39(56)23-7-11-26(12-8-23)49-42(59)31(19-20-47)52-40(57)24-5-9-25(10-6-24)48-34(53)18-4-22-3-17-32-33(21-22)65-44(45,46)64-32/h3-18,21,31,54-55H,19H2,1-2H3,(H,48,53)(H,49,59)(H,50,56)(H,51,58)(H,52,57)(H,60,61). The molecule has 19 nitrogen and oxygen atoms in total. The molecule has 6 rings (SSSR count). The van der Waals surface area contributed by atoms with E-state index in [0.717, 1.165) is 19.3 Å². The maximum atomic E-state index is 13.3. The van der Waals surface area contributed by atoms with Crippen molar-refractivity contribution in [2.45, 2.75) is 18.8 Å². The average molecular weight is 893 g/mol. The molecule has 0 saturated carbocycles. The number of hydrogen-bond donors (Lipinski definition) is 8. The summed E-state index contributed by atoms with van der Waals surface area (Å²) in [6.45, 7) is 0. The molecule has 1 unspecified atom stereocenters. The SMILES string of the molecule is COc1c(NC(=O)c2ccc(NC(=O)c3ccc(NC(=O)C(CC#N)NC(=O)c4ccc(NC(=O)C=Cc5ccc6c(c5)OC(F)(F)O6)cc4)cc3)c(OC)c2O)ccc(C(=O)O)c1O. The van der Waals surface area contributed by atoms with E-state index in [1.54, 1.807) is 0 Å². The van der Waals surface area contributed by atoms with E-state index in [4.69, 9.17) is 9.47 Å². The number of carboxylic acids is 1. The molecule has 0 saturated heterocycles. The zero-order valence-electron chi connectivity index (χ0n) is 33.7. The van der Waals surface area contributed by atoms with Gasteiger partial charge in [0.05, 0.1) is 43.6 Å². The van der Waals surface area contributed by atoms with Gasteiger partial charge in [-0.05, 0) is 96.6 Å². The molecule has 5 aromatic rings.